The average Bonchev–Trinajstić information content (AvgIpc) is 3.94. The third kappa shape index (κ3) is 5.60. The third-order valence-corrected chi connectivity index (χ3v) is 14.8. The van der Waals surface area contributed by atoms with Crippen molar-refractivity contribution < 1.29 is 0 Å². The van der Waals surface area contributed by atoms with E-state index < -0.39 is 0 Å². The Morgan fingerprint density at radius 2 is 0.943 bits per heavy atom. The predicted octanol–water partition coefficient (Wildman–Crippen LogP) is 16.2. The van der Waals surface area contributed by atoms with Gasteiger partial charge in [-0.3, -0.25) is 4.98 Å². The highest BCUT2D eigenvalue weighted by Crippen LogP contribution is 2.53. The molecule has 70 heavy (non-hydrogen) atoms. The molecule has 0 saturated heterocycles. The van der Waals surface area contributed by atoms with Crippen LogP contribution in [0.1, 0.15) is 0 Å². The molecule has 0 N–H and O–H groups in total. The molecule has 4 heterocycles. The molecule has 9 aromatic carbocycles. The summed E-state index contributed by atoms with van der Waals surface area (Å²) in [7, 11) is 0. The Hall–Kier alpha value is -9.32. The molecule has 0 bridgehead atoms. The van der Waals surface area contributed by atoms with Crippen LogP contribution in [0.3, 0.4) is 0 Å². The van der Waals surface area contributed by atoms with E-state index in [1.54, 1.807) is 0 Å². The minimum absolute atomic E-state index is 0.0326. The SMILES string of the molecule is C1=CC2=[N+](c3ccccc3)c3cc4c(cc3N(c3ccccc3)C2C=C1)-c1ncccc1-c1ccccc1-c1cc(-n2c3ccccc3c3cc(-n5c6ccccc6c6ccccc65)ccc32)ccc1-4. The number of pyridine rings is 1. The van der Waals surface area contributed by atoms with Crippen molar-refractivity contribution in [1.29, 1.82) is 0 Å². The molecule has 326 valence electrons. The zero-order chi connectivity index (χ0) is 45.9. The maximum Gasteiger partial charge on any atom is 0.236 e. The number of nitrogens with zero attached hydrogens (tertiary/aromatic N) is 5. The predicted molar refractivity (Wildman–Crippen MR) is 292 cm³/mol. The van der Waals surface area contributed by atoms with E-state index in [4.69, 9.17) is 4.98 Å². The first-order valence-corrected chi connectivity index (χ1v) is 24.1. The van der Waals surface area contributed by atoms with Gasteiger partial charge in [-0.2, -0.15) is 4.58 Å². The fourth-order valence-electron chi connectivity index (χ4n) is 11.9. The van der Waals surface area contributed by atoms with Gasteiger partial charge in [0.15, 0.2) is 0 Å². The van der Waals surface area contributed by atoms with Gasteiger partial charge in [0.05, 0.1) is 27.8 Å². The minimum atomic E-state index is -0.0326. The Morgan fingerprint density at radius 1 is 0.386 bits per heavy atom. The van der Waals surface area contributed by atoms with E-state index in [-0.39, 0.29) is 6.04 Å². The molecule has 5 heteroatoms. The quantitative estimate of drug-likeness (QED) is 0.165. The second kappa shape index (κ2) is 15.1. The first kappa shape index (κ1) is 38.8. The summed E-state index contributed by atoms with van der Waals surface area (Å²) < 4.78 is 7.34. The van der Waals surface area contributed by atoms with Crippen LogP contribution in [-0.2, 0) is 0 Å². The molecule has 12 aromatic rings. The topological polar surface area (TPSA) is 29.0 Å². The number of fused-ring (bicyclic) bond motifs is 16. The number of hydrogen-bond acceptors (Lipinski definition) is 2. The van der Waals surface area contributed by atoms with Crippen LogP contribution in [0.2, 0.25) is 0 Å². The summed E-state index contributed by atoms with van der Waals surface area (Å²) in [6.07, 6.45) is 10.9. The standard InChI is InChI=1S/C65H42N5/c1-3-18-42(19-4-1)67-61-31-15-16-32-62(61)68(43-20-5-2-6-21-43)64-41-56-54(40-63(64)67)48-35-33-44(38-53(48)47-23-8-7-22-46(47)52-27-17-37-66-65(52)56)70-59-30-14-11-26-51(59)55-39-45(34-36-60(55)70)69-57-28-12-9-24-49(57)50-25-10-13-29-58(50)69/h1-41,62H/q+1. The smallest absolute Gasteiger partial charge is 0.236 e. The molecular weight excluding hydrogens is 851 g/mol. The monoisotopic (exact) mass is 892 g/mol. The van der Waals surface area contributed by atoms with Crippen molar-refractivity contribution in [2.45, 2.75) is 6.04 Å². The second-order valence-electron chi connectivity index (χ2n) is 18.5. The molecule has 0 amide bonds. The van der Waals surface area contributed by atoms with Gasteiger partial charge in [0.2, 0.25) is 17.1 Å². The molecule has 15 rings (SSSR count). The maximum atomic E-state index is 5.26. The lowest BCUT2D eigenvalue weighted by Crippen LogP contribution is -2.44. The maximum absolute atomic E-state index is 5.26. The van der Waals surface area contributed by atoms with Gasteiger partial charge in [-0.05, 0) is 101 Å². The molecular formula is C65H42N5+. The molecule has 1 atom stereocenters. The number of hydrogen-bond donors (Lipinski definition) is 0. The Balaban J connectivity index is 0.997. The lowest BCUT2D eigenvalue weighted by Gasteiger charge is -2.36. The summed E-state index contributed by atoms with van der Waals surface area (Å²) in [6, 6.07) is 80.1. The van der Waals surface area contributed by atoms with Crippen molar-refractivity contribution in [1.82, 2.24) is 18.7 Å². The summed E-state index contributed by atoms with van der Waals surface area (Å²) in [5.41, 5.74) is 21.6. The Kier molecular flexibility index (Phi) is 8.36. The van der Waals surface area contributed by atoms with Crippen molar-refractivity contribution in [2.24, 2.45) is 0 Å². The van der Waals surface area contributed by atoms with Gasteiger partial charge in [-0.1, -0.05) is 146 Å². The molecule has 0 spiro atoms. The molecule has 3 aliphatic rings. The van der Waals surface area contributed by atoms with E-state index in [1.165, 1.54) is 54.9 Å². The molecule has 1 aliphatic heterocycles. The Labute approximate surface area is 404 Å². The van der Waals surface area contributed by atoms with Crippen molar-refractivity contribution in [3.63, 3.8) is 0 Å². The minimum Gasteiger partial charge on any atom is -0.319 e. The molecule has 5 nitrogen and oxygen atoms in total. The van der Waals surface area contributed by atoms with Crippen molar-refractivity contribution >= 4 is 72.1 Å². The first-order valence-electron chi connectivity index (χ1n) is 24.1. The van der Waals surface area contributed by atoms with Gasteiger partial charge in [0, 0.05) is 80.2 Å². The van der Waals surface area contributed by atoms with Crippen LogP contribution in [0.15, 0.2) is 249 Å². The number of aromatic nitrogens is 3. The van der Waals surface area contributed by atoms with Crippen LogP contribution in [-0.4, -0.2) is 25.9 Å². The molecule has 0 fully saturated rings. The number of rotatable bonds is 4. The summed E-state index contributed by atoms with van der Waals surface area (Å²) in [5, 5.41) is 4.95. The van der Waals surface area contributed by atoms with E-state index in [2.05, 4.69) is 261 Å². The lowest BCUT2D eigenvalue weighted by molar-refractivity contribution is 0.897. The number of benzene rings is 9. The van der Waals surface area contributed by atoms with Gasteiger partial charge in [0.25, 0.3) is 0 Å². The van der Waals surface area contributed by atoms with Crippen LogP contribution in [0.25, 0.3) is 99.6 Å². The summed E-state index contributed by atoms with van der Waals surface area (Å²) in [5.74, 6) is 0. The van der Waals surface area contributed by atoms with Gasteiger partial charge >= 0.3 is 0 Å². The Morgan fingerprint density at radius 3 is 1.67 bits per heavy atom. The highest BCUT2D eigenvalue weighted by atomic mass is 15.2. The van der Waals surface area contributed by atoms with E-state index in [9.17, 15) is 0 Å². The Bertz CT molecular complexity index is 4190. The van der Waals surface area contributed by atoms with Crippen molar-refractivity contribution in [3.05, 3.63) is 249 Å². The molecule has 0 saturated carbocycles. The van der Waals surface area contributed by atoms with Crippen molar-refractivity contribution in [2.75, 3.05) is 4.90 Å². The van der Waals surface area contributed by atoms with Crippen molar-refractivity contribution in [3.8, 4) is 56.0 Å². The highest BCUT2D eigenvalue weighted by molar-refractivity contribution is 6.15. The summed E-state index contributed by atoms with van der Waals surface area (Å²) >= 11 is 0. The van der Waals surface area contributed by atoms with Crippen LogP contribution in [0.5, 0.6) is 0 Å². The average molecular weight is 893 g/mol. The van der Waals surface area contributed by atoms with E-state index >= 15 is 0 Å². The molecule has 3 aromatic heterocycles. The number of allylic oxidation sites excluding steroid dienone is 2. The second-order valence-corrected chi connectivity index (χ2v) is 18.5. The summed E-state index contributed by atoms with van der Waals surface area (Å²) in [4.78, 5) is 7.76. The molecule has 2 aliphatic carbocycles. The zero-order valence-electron chi connectivity index (χ0n) is 38.0. The van der Waals surface area contributed by atoms with E-state index in [0.717, 1.165) is 73.2 Å². The van der Waals surface area contributed by atoms with E-state index in [0.29, 0.717) is 0 Å². The van der Waals surface area contributed by atoms with Crippen LogP contribution in [0, 0.1) is 0 Å². The number of anilines is 2. The largest absolute Gasteiger partial charge is 0.319 e. The first-order chi connectivity index (χ1) is 34.8. The van der Waals surface area contributed by atoms with Crippen LogP contribution >= 0.6 is 0 Å². The van der Waals surface area contributed by atoms with Gasteiger partial charge in [0.1, 0.15) is 11.7 Å². The third-order valence-electron chi connectivity index (χ3n) is 14.8. The van der Waals surface area contributed by atoms with Gasteiger partial charge < -0.3 is 14.0 Å². The fraction of sp³-hybridized carbons (Fsp3) is 0.0154. The van der Waals surface area contributed by atoms with Crippen LogP contribution < -0.4 is 9.48 Å². The normalized spacial score (nSPS) is 14.5. The number of para-hydroxylation sites is 5. The summed E-state index contributed by atoms with van der Waals surface area (Å²) in [6.45, 7) is 0. The van der Waals surface area contributed by atoms with Gasteiger partial charge in [-0.25, -0.2) is 0 Å². The van der Waals surface area contributed by atoms with Gasteiger partial charge in [-0.15, -0.1) is 0 Å². The molecule has 1 unspecified atom stereocenters. The molecule has 0 radical (unpaired) electrons. The van der Waals surface area contributed by atoms with Crippen LogP contribution in [0.4, 0.5) is 22.7 Å². The lowest BCUT2D eigenvalue weighted by atomic mass is 9.81. The van der Waals surface area contributed by atoms with E-state index in [1.807, 2.05) is 6.20 Å². The fourth-order valence-corrected chi connectivity index (χ4v) is 11.9. The zero-order valence-corrected chi connectivity index (χ0v) is 38.0. The highest BCUT2D eigenvalue weighted by Gasteiger charge is 2.41.